The van der Waals surface area contributed by atoms with Crippen LogP contribution in [-0.2, 0) is 10.0 Å². The molecule has 0 unspecified atom stereocenters. The molecule has 7 heteroatoms. The zero-order valence-electron chi connectivity index (χ0n) is 14.3. The smallest absolute Gasteiger partial charge is 0.261 e. The zero-order chi connectivity index (χ0) is 18.3. The lowest BCUT2D eigenvalue weighted by atomic mass is 10.1. The number of carbonyl (C=O) groups is 1. The molecule has 0 fully saturated rings. The van der Waals surface area contributed by atoms with E-state index in [1.54, 1.807) is 36.4 Å². The Labute approximate surface area is 148 Å². The summed E-state index contributed by atoms with van der Waals surface area (Å²) in [7, 11) is -2.30. The molecule has 0 saturated carbocycles. The standard InChI is InChI=1S/C18H22N2O4S/c1-3-4-13-19-18(21)16-7-5-6-8-17(16)20-25(22,23)15-11-9-14(24-2)10-12-15/h5-12,20H,3-4,13H2,1-2H3,(H,19,21). The number of anilines is 1. The molecule has 0 bridgehead atoms. The lowest BCUT2D eigenvalue weighted by molar-refractivity contribution is 0.0954. The highest BCUT2D eigenvalue weighted by Gasteiger charge is 2.18. The van der Waals surface area contributed by atoms with Crippen molar-refractivity contribution in [2.45, 2.75) is 24.7 Å². The summed E-state index contributed by atoms with van der Waals surface area (Å²) >= 11 is 0. The van der Waals surface area contributed by atoms with E-state index in [9.17, 15) is 13.2 Å². The Morgan fingerprint density at radius 1 is 1.08 bits per heavy atom. The van der Waals surface area contributed by atoms with Crippen molar-refractivity contribution < 1.29 is 17.9 Å². The van der Waals surface area contributed by atoms with Crippen molar-refractivity contribution in [3.05, 3.63) is 54.1 Å². The van der Waals surface area contributed by atoms with Gasteiger partial charge in [0.25, 0.3) is 15.9 Å². The van der Waals surface area contributed by atoms with Crippen LogP contribution in [0.1, 0.15) is 30.1 Å². The fourth-order valence-corrected chi connectivity index (χ4v) is 3.28. The molecular formula is C18H22N2O4S. The van der Waals surface area contributed by atoms with E-state index < -0.39 is 10.0 Å². The molecule has 0 saturated heterocycles. The van der Waals surface area contributed by atoms with Crippen LogP contribution in [0, 0.1) is 0 Å². The first-order valence-corrected chi connectivity index (χ1v) is 9.50. The number of rotatable bonds is 8. The predicted molar refractivity (Wildman–Crippen MR) is 97.5 cm³/mol. The van der Waals surface area contributed by atoms with Crippen LogP contribution in [0.25, 0.3) is 0 Å². The van der Waals surface area contributed by atoms with E-state index >= 15 is 0 Å². The van der Waals surface area contributed by atoms with E-state index in [2.05, 4.69) is 10.0 Å². The molecule has 0 atom stereocenters. The Kier molecular flexibility index (Phi) is 6.41. The highest BCUT2D eigenvalue weighted by molar-refractivity contribution is 7.92. The van der Waals surface area contributed by atoms with E-state index in [4.69, 9.17) is 4.74 Å². The van der Waals surface area contributed by atoms with Gasteiger partial charge in [-0.2, -0.15) is 0 Å². The summed E-state index contributed by atoms with van der Waals surface area (Å²) in [6.07, 6.45) is 1.83. The second-order valence-electron chi connectivity index (χ2n) is 5.44. The van der Waals surface area contributed by atoms with E-state index in [-0.39, 0.29) is 22.1 Å². The van der Waals surface area contributed by atoms with Crippen LogP contribution < -0.4 is 14.8 Å². The van der Waals surface area contributed by atoms with Gasteiger partial charge in [-0.05, 0) is 42.8 Å². The summed E-state index contributed by atoms with van der Waals surface area (Å²) in [5.74, 6) is 0.260. The molecule has 0 aliphatic heterocycles. The van der Waals surface area contributed by atoms with Crippen LogP contribution in [0.3, 0.4) is 0 Å². The van der Waals surface area contributed by atoms with Crippen molar-refractivity contribution in [3.63, 3.8) is 0 Å². The number of amides is 1. The number of nitrogens with one attached hydrogen (secondary N) is 2. The van der Waals surface area contributed by atoms with Crippen LogP contribution in [0.2, 0.25) is 0 Å². The quantitative estimate of drug-likeness (QED) is 0.707. The van der Waals surface area contributed by atoms with Gasteiger partial charge < -0.3 is 10.1 Å². The molecule has 25 heavy (non-hydrogen) atoms. The minimum absolute atomic E-state index is 0.0921. The minimum atomic E-state index is -3.81. The van der Waals surface area contributed by atoms with E-state index in [1.807, 2.05) is 6.92 Å². The third-order valence-corrected chi connectivity index (χ3v) is 4.98. The average Bonchev–Trinajstić information content (AvgIpc) is 2.62. The Bertz CT molecular complexity index is 817. The number of sulfonamides is 1. The second kappa shape index (κ2) is 8.53. The molecule has 0 radical (unpaired) electrons. The van der Waals surface area contributed by atoms with Crippen molar-refractivity contribution in [3.8, 4) is 5.75 Å². The topological polar surface area (TPSA) is 84.5 Å². The number of benzene rings is 2. The van der Waals surface area contributed by atoms with Gasteiger partial charge in [0.1, 0.15) is 5.75 Å². The zero-order valence-corrected chi connectivity index (χ0v) is 15.1. The van der Waals surface area contributed by atoms with Gasteiger partial charge in [-0.15, -0.1) is 0 Å². The third-order valence-electron chi connectivity index (χ3n) is 3.60. The first kappa shape index (κ1) is 18.8. The molecule has 0 aromatic heterocycles. The van der Waals surface area contributed by atoms with Gasteiger partial charge in [0.05, 0.1) is 23.3 Å². The maximum atomic E-state index is 12.6. The van der Waals surface area contributed by atoms with Gasteiger partial charge in [0, 0.05) is 6.54 Å². The number of hydrogen-bond donors (Lipinski definition) is 2. The van der Waals surface area contributed by atoms with Crippen LogP contribution in [-0.4, -0.2) is 28.0 Å². The normalized spacial score (nSPS) is 11.0. The molecule has 0 heterocycles. The number of ether oxygens (including phenoxy) is 1. The molecule has 134 valence electrons. The third kappa shape index (κ3) is 4.96. The van der Waals surface area contributed by atoms with Crippen LogP contribution in [0.5, 0.6) is 5.75 Å². The van der Waals surface area contributed by atoms with Gasteiger partial charge in [0.15, 0.2) is 0 Å². The first-order valence-electron chi connectivity index (χ1n) is 8.02. The van der Waals surface area contributed by atoms with Crippen molar-refractivity contribution >= 4 is 21.6 Å². The molecule has 0 aliphatic carbocycles. The second-order valence-corrected chi connectivity index (χ2v) is 7.12. The highest BCUT2D eigenvalue weighted by atomic mass is 32.2. The Hall–Kier alpha value is -2.54. The lowest BCUT2D eigenvalue weighted by Gasteiger charge is -2.13. The van der Waals surface area contributed by atoms with E-state index in [1.165, 1.54) is 19.2 Å². The predicted octanol–water partition coefficient (Wildman–Crippen LogP) is 3.03. The van der Waals surface area contributed by atoms with Crippen molar-refractivity contribution in [2.75, 3.05) is 18.4 Å². The molecule has 0 aliphatic rings. The Balaban J connectivity index is 2.22. The number of unbranched alkanes of at least 4 members (excludes halogenated alkanes) is 1. The fourth-order valence-electron chi connectivity index (χ4n) is 2.20. The summed E-state index contributed by atoms with van der Waals surface area (Å²) in [6.45, 7) is 2.58. The average molecular weight is 362 g/mol. The lowest BCUT2D eigenvalue weighted by Crippen LogP contribution is -2.26. The molecule has 2 aromatic rings. The van der Waals surface area contributed by atoms with Crippen LogP contribution in [0.15, 0.2) is 53.4 Å². The molecule has 2 N–H and O–H groups in total. The molecule has 1 amide bonds. The molecule has 2 aromatic carbocycles. The maximum Gasteiger partial charge on any atom is 0.261 e. The van der Waals surface area contributed by atoms with E-state index in [0.717, 1.165) is 12.8 Å². The Morgan fingerprint density at radius 3 is 2.40 bits per heavy atom. The van der Waals surface area contributed by atoms with Gasteiger partial charge in [0.2, 0.25) is 0 Å². The molecular weight excluding hydrogens is 340 g/mol. The number of hydrogen-bond acceptors (Lipinski definition) is 4. The monoisotopic (exact) mass is 362 g/mol. The summed E-state index contributed by atoms with van der Waals surface area (Å²) in [5, 5.41) is 2.79. The van der Waals surface area contributed by atoms with Crippen LogP contribution in [0.4, 0.5) is 5.69 Å². The van der Waals surface area contributed by atoms with Gasteiger partial charge in [-0.25, -0.2) is 8.42 Å². The number of methoxy groups -OCH3 is 1. The highest BCUT2D eigenvalue weighted by Crippen LogP contribution is 2.21. The van der Waals surface area contributed by atoms with Gasteiger partial charge in [-0.1, -0.05) is 25.5 Å². The molecule has 6 nitrogen and oxygen atoms in total. The summed E-state index contributed by atoms with van der Waals surface area (Å²) in [6, 6.07) is 12.6. The summed E-state index contributed by atoms with van der Waals surface area (Å²) in [5.41, 5.74) is 0.531. The number of carbonyl (C=O) groups excluding carboxylic acids is 1. The molecule has 2 rings (SSSR count). The van der Waals surface area contributed by atoms with Crippen molar-refractivity contribution in [1.29, 1.82) is 0 Å². The maximum absolute atomic E-state index is 12.6. The van der Waals surface area contributed by atoms with Gasteiger partial charge >= 0.3 is 0 Å². The van der Waals surface area contributed by atoms with Crippen LogP contribution >= 0.6 is 0 Å². The van der Waals surface area contributed by atoms with Crippen molar-refractivity contribution in [2.24, 2.45) is 0 Å². The summed E-state index contributed by atoms with van der Waals surface area (Å²) < 4.78 is 32.6. The van der Waals surface area contributed by atoms with Crippen molar-refractivity contribution in [1.82, 2.24) is 5.32 Å². The minimum Gasteiger partial charge on any atom is -0.497 e. The van der Waals surface area contributed by atoms with E-state index in [0.29, 0.717) is 12.3 Å². The first-order chi connectivity index (χ1) is 12.0. The largest absolute Gasteiger partial charge is 0.497 e. The fraction of sp³-hybridized carbons (Fsp3) is 0.278. The Morgan fingerprint density at radius 2 is 1.76 bits per heavy atom. The number of para-hydroxylation sites is 1. The summed E-state index contributed by atoms with van der Waals surface area (Å²) in [4.78, 5) is 12.4. The van der Waals surface area contributed by atoms with Gasteiger partial charge in [-0.3, -0.25) is 9.52 Å². The molecule has 0 spiro atoms. The SMILES string of the molecule is CCCCNC(=O)c1ccccc1NS(=O)(=O)c1ccc(OC)cc1.